The summed E-state index contributed by atoms with van der Waals surface area (Å²) < 4.78 is 0. The van der Waals surface area contributed by atoms with Crippen LogP contribution in [-0.4, -0.2) is 30.3 Å². The minimum Gasteiger partial charge on any atom is -0.392 e. The lowest BCUT2D eigenvalue weighted by Crippen LogP contribution is -2.39. The number of aliphatic hydroxyl groups is 1. The van der Waals surface area contributed by atoms with Gasteiger partial charge in [0.15, 0.2) is 0 Å². The summed E-state index contributed by atoms with van der Waals surface area (Å²) in [4.78, 5) is 10.8. The van der Waals surface area contributed by atoms with Gasteiger partial charge in [-0.15, -0.1) is 0 Å². The van der Waals surface area contributed by atoms with Crippen molar-refractivity contribution in [3.8, 4) is 0 Å². The Bertz CT molecular complexity index is 115. The molecule has 66 valence electrons. The van der Waals surface area contributed by atoms with E-state index in [0.29, 0.717) is 13.1 Å². The monoisotopic (exact) mass is 160 g/mol. The largest absolute Gasteiger partial charge is 0.392 e. The highest BCUT2D eigenvalue weighted by atomic mass is 16.3. The van der Waals surface area contributed by atoms with E-state index < -0.39 is 6.10 Å². The molecule has 0 fully saturated rings. The van der Waals surface area contributed by atoms with Crippen molar-refractivity contribution in [2.45, 2.75) is 26.4 Å². The second-order valence-electron chi connectivity index (χ2n) is 2.49. The predicted octanol–water partition coefficient (Wildman–Crippen LogP) is 0.0764. The van der Waals surface area contributed by atoms with Crippen molar-refractivity contribution in [3.63, 3.8) is 0 Å². The molecule has 0 saturated heterocycles. The van der Waals surface area contributed by atoms with Crippen LogP contribution in [0.15, 0.2) is 0 Å². The van der Waals surface area contributed by atoms with Crippen LogP contribution in [-0.2, 0) is 0 Å². The van der Waals surface area contributed by atoms with Crippen molar-refractivity contribution in [3.05, 3.63) is 0 Å². The maximum Gasteiger partial charge on any atom is 0.314 e. The van der Waals surface area contributed by atoms with Gasteiger partial charge in [-0.25, -0.2) is 4.79 Å². The van der Waals surface area contributed by atoms with Gasteiger partial charge < -0.3 is 15.7 Å². The number of carbonyl (C=O) groups is 1. The van der Waals surface area contributed by atoms with Crippen LogP contribution < -0.4 is 10.6 Å². The zero-order valence-corrected chi connectivity index (χ0v) is 7.05. The van der Waals surface area contributed by atoms with Crippen molar-refractivity contribution >= 4 is 6.03 Å². The molecule has 0 aromatic carbocycles. The number of rotatable bonds is 4. The topological polar surface area (TPSA) is 61.4 Å². The minimum absolute atomic E-state index is 0.215. The summed E-state index contributed by atoms with van der Waals surface area (Å²) in [5, 5.41) is 13.9. The molecule has 1 atom stereocenters. The third-order valence-electron chi connectivity index (χ3n) is 1.09. The molecular formula is C7H16N2O2. The minimum atomic E-state index is -0.484. The van der Waals surface area contributed by atoms with Crippen molar-refractivity contribution < 1.29 is 9.90 Å². The fourth-order valence-electron chi connectivity index (χ4n) is 0.541. The summed E-state index contributed by atoms with van der Waals surface area (Å²) in [5.41, 5.74) is 0. The molecule has 0 aliphatic carbocycles. The van der Waals surface area contributed by atoms with Gasteiger partial charge in [0.1, 0.15) is 0 Å². The summed E-state index contributed by atoms with van der Waals surface area (Å²) in [6.45, 7) is 4.58. The Balaban J connectivity index is 3.23. The van der Waals surface area contributed by atoms with Gasteiger partial charge in [0.25, 0.3) is 0 Å². The quantitative estimate of drug-likeness (QED) is 0.545. The van der Waals surface area contributed by atoms with E-state index in [0.717, 1.165) is 6.42 Å². The summed E-state index contributed by atoms with van der Waals surface area (Å²) in [7, 11) is 0. The van der Waals surface area contributed by atoms with E-state index in [9.17, 15) is 4.79 Å². The highest BCUT2D eigenvalue weighted by molar-refractivity contribution is 5.73. The van der Waals surface area contributed by atoms with Crippen LogP contribution in [0.3, 0.4) is 0 Å². The molecule has 0 aromatic heterocycles. The fraction of sp³-hybridized carbons (Fsp3) is 0.857. The van der Waals surface area contributed by atoms with Crippen LogP contribution in [0.4, 0.5) is 4.79 Å². The molecule has 0 heterocycles. The molecule has 11 heavy (non-hydrogen) atoms. The summed E-state index contributed by atoms with van der Waals surface area (Å²) in [6, 6.07) is -0.215. The molecule has 2 amide bonds. The van der Waals surface area contributed by atoms with Gasteiger partial charge >= 0.3 is 6.03 Å². The number of nitrogens with one attached hydrogen (secondary N) is 2. The molecule has 3 N–H and O–H groups in total. The smallest absolute Gasteiger partial charge is 0.314 e. The molecule has 0 spiro atoms. The average Bonchev–Trinajstić information content (AvgIpc) is 1.97. The van der Waals surface area contributed by atoms with Gasteiger partial charge in [-0.1, -0.05) is 6.92 Å². The van der Waals surface area contributed by atoms with E-state index in [-0.39, 0.29) is 6.03 Å². The first-order valence-corrected chi connectivity index (χ1v) is 3.86. The Labute approximate surface area is 67.0 Å². The number of hydrogen-bond donors (Lipinski definition) is 3. The molecule has 4 heteroatoms. The van der Waals surface area contributed by atoms with Crippen LogP contribution in [0, 0.1) is 0 Å². The number of amides is 2. The second kappa shape index (κ2) is 5.97. The molecule has 0 aliphatic heterocycles. The maximum absolute atomic E-state index is 10.8. The molecule has 4 nitrogen and oxygen atoms in total. The van der Waals surface area contributed by atoms with Crippen LogP contribution in [0.1, 0.15) is 20.3 Å². The lowest BCUT2D eigenvalue weighted by atomic mass is 10.4. The number of aliphatic hydroxyl groups excluding tert-OH is 1. The zero-order chi connectivity index (χ0) is 8.69. The van der Waals surface area contributed by atoms with Gasteiger partial charge in [0.2, 0.25) is 0 Å². The number of hydrogen-bond acceptors (Lipinski definition) is 2. The maximum atomic E-state index is 10.8. The van der Waals surface area contributed by atoms with E-state index in [1.807, 2.05) is 6.92 Å². The first-order valence-electron chi connectivity index (χ1n) is 3.86. The second-order valence-corrected chi connectivity index (χ2v) is 2.49. The third-order valence-corrected chi connectivity index (χ3v) is 1.09. The van der Waals surface area contributed by atoms with Gasteiger partial charge in [0.05, 0.1) is 6.10 Å². The first-order chi connectivity index (χ1) is 5.16. The number of urea groups is 1. The van der Waals surface area contributed by atoms with E-state index in [1.54, 1.807) is 6.92 Å². The molecule has 0 radical (unpaired) electrons. The predicted molar refractivity (Wildman–Crippen MR) is 43.4 cm³/mol. The van der Waals surface area contributed by atoms with Crippen molar-refractivity contribution in [2.75, 3.05) is 13.1 Å². The highest BCUT2D eigenvalue weighted by Crippen LogP contribution is 1.75. The highest BCUT2D eigenvalue weighted by Gasteiger charge is 1.99. The van der Waals surface area contributed by atoms with Gasteiger partial charge in [-0.2, -0.15) is 0 Å². The zero-order valence-electron chi connectivity index (χ0n) is 7.05. The van der Waals surface area contributed by atoms with Crippen LogP contribution >= 0.6 is 0 Å². The molecule has 0 saturated carbocycles. The summed E-state index contributed by atoms with van der Waals surface area (Å²) >= 11 is 0. The fourth-order valence-corrected chi connectivity index (χ4v) is 0.541. The molecular weight excluding hydrogens is 144 g/mol. The van der Waals surface area contributed by atoms with E-state index in [4.69, 9.17) is 5.11 Å². The van der Waals surface area contributed by atoms with Gasteiger partial charge in [-0.05, 0) is 13.3 Å². The number of carbonyl (C=O) groups excluding carboxylic acids is 1. The van der Waals surface area contributed by atoms with Crippen LogP contribution in [0.2, 0.25) is 0 Å². The Morgan fingerprint density at radius 2 is 2.18 bits per heavy atom. The van der Waals surface area contributed by atoms with Crippen molar-refractivity contribution in [1.82, 2.24) is 10.6 Å². The Kier molecular flexibility index (Phi) is 5.56. The molecule has 1 unspecified atom stereocenters. The molecule has 0 aliphatic rings. The van der Waals surface area contributed by atoms with Crippen molar-refractivity contribution in [1.29, 1.82) is 0 Å². The lowest BCUT2D eigenvalue weighted by molar-refractivity contribution is 0.187. The molecule has 0 aromatic rings. The van der Waals surface area contributed by atoms with Crippen LogP contribution in [0.25, 0.3) is 0 Å². The van der Waals surface area contributed by atoms with E-state index in [2.05, 4.69) is 10.6 Å². The van der Waals surface area contributed by atoms with Gasteiger partial charge in [-0.3, -0.25) is 0 Å². The third kappa shape index (κ3) is 7.12. The van der Waals surface area contributed by atoms with E-state index >= 15 is 0 Å². The standard InChI is InChI=1S/C7H16N2O2/c1-3-4-8-7(11)9-5-6(2)10/h6,10H,3-5H2,1-2H3,(H2,8,9,11). The summed E-state index contributed by atoms with van der Waals surface area (Å²) in [6.07, 6.45) is 0.435. The Hall–Kier alpha value is -0.770. The Morgan fingerprint density at radius 1 is 1.55 bits per heavy atom. The van der Waals surface area contributed by atoms with Gasteiger partial charge in [0, 0.05) is 13.1 Å². The normalized spacial score (nSPS) is 12.3. The lowest BCUT2D eigenvalue weighted by Gasteiger charge is -2.07. The average molecular weight is 160 g/mol. The molecule has 0 rings (SSSR count). The van der Waals surface area contributed by atoms with E-state index in [1.165, 1.54) is 0 Å². The summed E-state index contributed by atoms with van der Waals surface area (Å²) in [5.74, 6) is 0. The SMILES string of the molecule is CCCNC(=O)NCC(C)O. The molecule has 0 bridgehead atoms. The Morgan fingerprint density at radius 3 is 2.64 bits per heavy atom. The first kappa shape index (κ1) is 10.2. The van der Waals surface area contributed by atoms with Crippen molar-refractivity contribution in [2.24, 2.45) is 0 Å². The van der Waals surface area contributed by atoms with Crippen LogP contribution in [0.5, 0.6) is 0 Å².